The van der Waals surface area contributed by atoms with E-state index in [2.05, 4.69) is 10.2 Å². The van der Waals surface area contributed by atoms with E-state index in [1.54, 1.807) is 27.7 Å². The number of hydrogen-bond acceptors (Lipinski definition) is 6. The maximum absolute atomic E-state index is 13.0. The van der Waals surface area contributed by atoms with Crippen molar-refractivity contribution < 1.29 is 19.0 Å². The Balaban J connectivity index is 1.57. The van der Waals surface area contributed by atoms with Crippen molar-refractivity contribution in [1.29, 1.82) is 0 Å². The van der Waals surface area contributed by atoms with Gasteiger partial charge in [-0.25, -0.2) is 9.89 Å². The summed E-state index contributed by atoms with van der Waals surface area (Å²) in [5.41, 5.74) is -0.370. The highest BCUT2D eigenvalue weighted by atomic mass is 16.5. The number of likely N-dealkylation sites (tertiary alicyclic amines) is 1. The van der Waals surface area contributed by atoms with Gasteiger partial charge in [-0.1, -0.05) is 6.07 Å². The summed E-state index contributed by atoms with van der Waals surface area (Å²) in [5, 5.41) is 6.38. The molecular weight excluding hydrogens is 340 g/mol. The van der Waals surface area contributed by atoms with E-state index in [1.165, 1.54) is 14.2 Å². The molecule has 1 fully saturated rings. The van der Waals surface area contributed by atoms with Crippen molar-refractivity contribution >= 4 is 5.91 Å². The maximum Gasteiger partial charge on any atom is 0.343 e. The van der Waals surface area contributed by atoms with Gasteiger partial charge < -0.3 is 19.1 Å². The van der Waals surface area contributed by atoms with Crippen LogP contribution in [-0.4, -0.2) is 58.5 Å². The topological polar surface area (TPSA) is 98.7 Å². The first-order valence-electron chi connectivity index (χ1n) is 8.35. The fourth-order valence-corrected chi connectivity index (χ4v) is 3.67. The summed E-state index contributed by atoms with van der Waals surface area (Å²) < 4.78 is 18.2. The normalized spacial score (nSPS) is 21.7. The van der Waals surface area contributed by atoms with Crippen LogP contribution in [0.5, 0.6) is 11.5 Å². The lowest BCUT2D eigenvalue weighted by Gasteiger charge is -2.33. The average Bonchev–Trinajstić information content (AvgIpc) is 3.25. The molecule has 1 atom stereocenters. The molecule has 1 unspecified atom stereocenters. The Kier molecular flexibility index (Phi) is 3.95. The molecule has 4 rings (SSSR count). The first-order chi connectivity index (χ1) is 12.6. The van der Waals surface area contributed by atoms with Crippen molar-refractivity contribution in [2.24, 2.45) is 0 Å². The minimum absolute atomic E-state index is 0.147. The number of carbonyl (C=O) groups excluding carboxylic acids is 1. The Morgan fingerprint density at radius 1 is 1.31 bits per heavy atom. The van der Waals surface area contributed by atoms with Gasteiger partial charge in [0.15, 0.2) is 17.3 Å². The number of aromatic nitrogens is 3. The minimum Gasteiger partial charge on any atom is -0.493 e. The van der Waals surface area contributed by atoms with E-state index in [4.69, 9.17) is 14.2 Å². The molecule has 1 N–H and O–H groups in total. The number of methoxy groups -OCH3 is 2. The highest BCUT2D eigenvalue weighted by Crippen LogP contribution is 2.35. The van der Waals surface area contributed by atoms with Crippen molar-refractivity contribution in [3.63, 3.8) is 0 Å². The SMILES string of the molecule is COc1cccc(C(=O)N2CCC3(C2)Cn2c(n[nH]c2=O)CO3)c1OC. The van der Waals surface area contributed by atoms with Crippen LogP contribution in [0.1, 0.15) is 22.6 Å². The van der Waals surface area contributed by atoms with Crippen molar-refractivity contribution in [1.82, 2.24) is 19.7 Å². The molecule has 26 heavy (non-hydrogen) atoms. The molecule has 1 amide bonds. The lowest BCUT2D eigenvalue weighted by molar-refractivity contribution is -0.0816. The Morgan fingerprint density at radius 2 is 2.15 bits per heavy atom. The number of H-pyrrole nitrogens is 1. The highest BCUT2D eigenvalue weighted by molar-refractivity contribution is 5.98. The van der Waals surface area contributed by atoms with Crippen LogP contribution < -0.4 is 15.2 Å². The van der Waals surface area contributed by atoms with Crippen molar-refractivity contribution in [3.8, 4) is 11.5 Å². The van der Waals surface area contributed by atoms with Crippen LogP contribution in [0.4, 0.5) is 0 Å². The molecule has 0 aliphatic carbocycles. The summed E-state index contributed by atoms with van der Waals surface area (Å²) in [6.07, 6.45) is 0.655. The van der Waals surface area contributed by atoms with E-state index in [-0.39, 0.29) is 18.2 Å². The number of carbonyl (C=O) groups is 1. The number of benzene rings is 1. The number of rotatable bonds is 3. The fourth-order valence-electron chi connectivity index (χ4n) is 3.67. The van der Waals surface area contributed by atoms with Crippen molar-refractivity contribution in [2.75, 3.05) is 27.3 Å². The molecule has 3 heterocycles. The fraction of sp³-hybridized carbons (Fsp3) is 0.471. The van der Waals surface area contributed by atoms with Crippen LogP contribution in [0.3, 0.4) is 0 Å². The minimum atomic E-state index is -0.567. The number of amides is 1. The first-order valence-corrected chi connectivity index (χ1v) is 8.35. The van der Waals surface area contributed by atoms with E-state index < -0.39 is 5.60 Å². The third kappa shape index (κ3) is 2.55. The van der Waals surface area contributed by atoms with Gasteiger partial charge >= 0.3 is 5.69 Å². The molecule has 2 aliphatic rings. The number of fused-ring (bicyclic) bond motifs is 1. The third-order valence-electron chi connectivity index (χ3n) is 5.03. The summed E-state index contributed by atoms with van der Waals surface area (Å²) in [4.78, 5) is 26.6. The van der Waals surface area contributed by atoms with Crippen LogP contribution >= 0.6 is 0 Å². The van der Waals surface area contributed by atoms with E-state index in [0.29, 0.717) is 48.9 Å². The number of hydrogen-bond donors (Lipinski definition) is 1. The second-order valence-electron chi connectivity index (χ2n) is 6.52. The Morgan fingerprint density at radius 3 is 2.92 bits per heavy atom. The van der Waals surface area contributed by atoms with Gasteiger partial charge in [0.25, 0.3) is 5.91 Å². The van der Waals surface area contributed by atoms with E-state index in [0.717, 1.165) is 0 Å². The molecule has 0 bridgehead atoms. The predicted molar refractivity (Wildman–Crippen MR) is 90.4 cm³/mol. The second kappa shape index (κ2) is 6.17. The van der Waals surface area contributed by atoms with Crippen LogP contribution in [0.2, 0.25) is 0 Å². The molecule has 1 aromatic carbocycles. The average molecular weight is 360 g/mol. The summed E-state index contributed by atoms with van der Waals surface area (Å²) in [6.45, 7) is 1.59. The Bertz CT molecular complexity index is 905. The molecule has 138 valence electrons. The number of nitrogens with zero attached hydrogens (tertiary/aromatic N) is 3. The van der Waals surface area contributed by atoms with E-state index >= 15 is 0 Å². The van der Waals surface area contributed by atoms with Crippen molar-refractivity contribution in [2.45, 2.75) is 25.2 Å². The summed E-state index contributed by atoms with van der Waals surface area (Å²) in [7, 11) is 3.05. The van der Waals surface area contributed by atoms with Crippen LogP contribution in [-0.2, 0) is 17.9 Å². The zero-order chi connectivity index (χ0) is 18.3. The molecule has 0 saturated carbocycles. The number of para-hydroxylation sites is 1. The molecule has 2 aliphatic heterocycles. The molecule has 2 aromatic rings. The highest BCUT2D eigenvalue weighted by Gasteiger charge is 2.45. The Labute approximate surface area is 149 Å². The summed E-state index contributed by atoms with van der Waals surface area (Å²) >= 11 is 0. The predicted octanol–water partition coefficient (Wildman–Crippen LogP) is 0.404. The number of nitrogens with one attached hydrogen (secondary N) is 1. The van der Waals surface area contributed by atoms with Crippen molar-refractivity contribution in [3.05, 3.63) is 40.1 Å². The number of ether oxygens (including phenoxy) is 3. The van der Waals surface area contributed by atoms with Gasteiger partial charge in [0, 0.05) is 6.54 Å². The quantitative estimate of drug-likeness (QED) is 0.851. The molecule has 1 aromatic heterocycles. The molecule has 1 spiro atoms. The third-order valence-corrected chi connectivity index (χ3v) is 5.03. The maximum atomic E-state index is 13.0. The van der Waals surface area contributed by atoms with Gasteiger partial charge in [0.1, 0.15) is 12.2 Å². The van der Waals surface area contributed by atoms with Gasteiger partial charge in [-0.2, -0.15) is 5.10 Å². The van der Waals surface area contributed by atoms with Gasteiger partial charge in [-0.15, -0.1) is 0 Å². The van der Waals surface area contributed by atoms with Gasteiger partial charge in [-0.3, -0.25) is 9.36 Å². The van der Waals surface area contributed by atoms with Crippen LogP contribution in [0.15, 0.2) is 23.0 Å². The van der Waals surface area contributed by atoms with Crippen LogP contribution in [0, 0.1) is 0 Å². The standard InChI is InChI=1S/C17H20N4O5/c1-24-12-5-3-4-11(14(12)25-2)15(22)20-7-6-17(9-20)10-21-13(8-26-17)18-19-16(21)23/h3-5H,6-10H2,1-2H3,(H,19,23). The zero-order valence-corrected chi connectivity index (χ0v) is 14.7. The molecule has 9 nitrogen and oxygen atoms in total. The van der Waals surface area contributed by atoms with E-state index in [9.17, 15) is 9.59 Å². The largest absolute Gasteiger partial charge is 0.493 e. The first kappa shape index (κ1) is 16.6. The Hall–Kier alpha value is -2.81. The molecule has 0 radical (unpaired) electrons. The summed E-state index contributed by atoms with van der Waals surface area (Å²) in [5.74, 6) is 1.36. The lowest BCUT2D eigenvalue weighted by atomic mass is 10.0. The van der Waals surface area contributed by atoms with Gasteiger partial charge in [0.05, 0.1) is 32.9 Å². The molecule has 9 heteroatoms. The molecule has 1 saturated heterocycles. The second-order valence-corrected chi connectivity index (χ2v) is 6.52. The monoisotopic (exact) mass is 360 g/mol. The van der Waals surface area contributed by atoms with Gasteiger partial charge in [-0.05, 0) is 18.6 Å². The number of aromatic amines is 1. The lowest BCUT2D eigenvalue weighted by Crippen LogP contribution is -2.47. The van der Waals surface area contributed by atoms with E-state index in [1.807, 2.05) is 0 Å². The van der Waals surface area contributed by atoms with Gasteiger partial charge in [0.2, 0.25) is 0 Å². The molecular formula is C17H20N4O5. The smallest absolute Gasteiger partial charge is 0.343 e. The zero-order valence-electron chi connectivity index (χ0n) is 14.7. The van der Waals surface area contributed by atoms with Crippen LogP contribution in [0.25, 0.3) is 0 Å². The summed E-state index contributed by atoms with van der Waals surface area (Å²) in [6, 6.07) is 5.22.